The third kappa shape index (κ3) is 9.11. The highest BCUT2D eigenvalue weighted by atomic mass is 35.5. The summed E-state index contributed by atoms with van der Waals surface area (Å²) in [4.78, 5) is 20.0. The Morgan fingerprint density at radius 1 is 1.10 bits per heavy atom. The molecule has 1 aliphatic rings. The van der Waals surface area contributed by atoms with Gasteiger partial charge >= 0.3 is 11.9 Å². The van der Waals surface area contributed by atoms with E-state index in [1.54, 1.807) is 24.3 Å². The van der Waals surface area contributed by atoms with Crippen molar-refractivity contribution in [1.29, 1.82) is 0 Å². The van der Waals surface area contributed by atoms with E-state index < -0.39 is 11.9 Å². The monoisotopic (exact) mass is 434 g/mol. The number of aromatic hydroxyl groups is 2. The van der Waals surface area contributed by atoms with Gasteiger partial charge in [0.15, 0.2) is 0 Å². The molecule has 30 heavy (non-hydrogen) atoms. The van der Waals surface area contributed by atoms with E-state index in [4.69, 9.17) is 16.3 Å². The molecule has 0 saturated carbocycles. The summed E-state index contributed by atoms with van der Waals surface area (Å²) in [5.41, 5.74) is 2.10. The molecule has 0 radical (unpaired) electrons. The summed E-state index contributed by atoms with van der Waals surface area (Å²) in [5, 5.41) is 18.6. The molecule has 2 aromatic rings. The maximum Gasteiger partial charge on any atom is 0.337 e. The number of hydrogen-bond acceptors (Lipinski definition) is 6. The smallest absolute Gasteiger partial charge is 0.337 e. The summed E-state index contributed by atoms with van der Waals surface area (Å²) in [6, 6.07) is 14.4. The topological polar surface area (TPSA) is 96.4 Å². The van der Waals surface area contributed by atoms with Crippen LogP contribution in [-0.2, 0) is 24.5 Å². The highest BCUT2D eigenvalue weighted by Gasteiger charge is 2.22. The summed E-state index contributed by atoms with van der Waals surface area (Å²) >= 11 is 5.27. The van der Waals surface area contributed by atoms with Gasteiger partial charge in [0.25, 0.3) is 0 Å². The zero-order valence-electron chi connectivity index (χ0n) is 17.3. The summed E-state index contributed by atoms with van der Waals surface area (Å²) in [7, 11) is 0. The first kappa shape index (κ1) is 25.2. The minimum atomic E-state index is -0.711. The molecule has 7 heteroatoms. The van der Waals surface area contributed by atoms with Crippen LogP contribution < -0.4 is 0 Å². The number of carbonyl (C=O) groups excluding carboxylic acids is 2. The molecule has 0 bridgehead atoms. The fourth-order valence-corrected chi connectivity index (χ4v) is 2.44. The molecule has 0 spiro atoms. The first-order valence-corrected chi connectivity index (χ1v) is 9.75. The van der Waals surface area contributed by atoms with Crippen molar-refractivity contribution in [1.82, 2.24) is 0 Å². The van der Waals surface area contributed by atoms with E-state index in [9.17, 15) is 19.8 Å². The Hall–Kier alpha value is -2.83. The first-order valence-electron chi connectivity index (χ1n) is 9.21. The standard InChI is InChI=1S/C15H16O2.C5H6O3.C3H5ClO/c1-15(2,11-3-7-13(16)8-4-11)12-5-9-14(17)10-6-12;1-3-5(7)8-4(2)6;4-1-3-2-5-3/h3-10,16-17H,1-2H3;3H,1H2,2H3;3H,1-2H2. The Bertz CT molecular complexity index is 776. The lowest BCUT2D eigenvalue weighted by atomic mass is 9.78. The van der Waals surface area contributed by atoms with Crippen molar-refractivity contribution >= 4 is 23.5 Å². The van der Waals surface area contributed by atoms with Gasteiger partial charge in [-0.05, 0) is 35.4 Å². The van der Waals surface area contributed by atoms with Crippen molar-refractivity contribution in [3.63, 3.8) is 0 Å². The number of epoxide rings is 1. The molecule has 6 nitrogen and oxygen atoms in total. The molecular formula is C23H27ClO6. The molecule has 1 fully saturated rings. The number of esters is 2. The predicted octanol–water partition coefficient (Wildman–Crippen LogP) is 4.31. The number of phenols is 2. The number of hydrogen-bond donors (Lipinski definition) is 2. The highest BCUT2D eigenvalue weighted by molar-refractivity contribution is 6.18. The Morgan fingerprint density at radius 2 is 1.50 bits per heavy atom. The van der Waals surface area contributed by atoms with Crippen molar-refractivity contribution < 1.29 is 29.3 Å². The molecule has 0 aliphatic carbocycles. The van der Waals surface area contributed by atoms with Crippen LogP contribution in [0.5, 0.6) is 11.5 Å². The summed E-state index contributed by atoms with van der Waals surface area (Å²) in [5.74, 6) is -0.113. The minimum Gasteiger partial charge on any atom is -0.508 e. The summed E-state index contributed by atoms with van der Waals surface area (Å²) < 4.78 is 8.73. The zero-order chi connectivity index (χ0) is 22.7. The molecule has 2 N–H and O–H groups in total. The van der Waals surface area contributed by atoms with Gasteiger partial charge in [0.1, 0.15) is 11.5 Å². The number of alkyl halides is 1. The molecule has 0 amide bonds. The second-order valence-corrected chi connectivity index (χ2v) is 7.25. The lowest BCUT2D eigenvalue weighted by Gasteiger charge is -2.26. The fourth-order valence-electron chi connectivity index (χ4n) is 2.26. The van der Waals surface area contributed by atoms with E-state index in [2.05, 4.69) is 25.2 Å². The van der Waals surface area contributed by atoms with Crippen LogP contribution in [0.25, 0.3) is 0 Å². The Morgan fingerprint density at radius 3 is 1.70 bits per heavy atom. The molecule has 1 heterocycles. The van der Waals surface area contributed by atoms with Crippen LogP contribution in [-0.4, -0.2) is 40.7 Å². The summed E-state index contributed by atoms with van der Waals surface area (Å²) in [6.07, 6.45) is 1.33. The van der Waals surface area contributed by atoms with E-state index in [1.807, 2.05) is 24.3 Å². The number of rotatable bonds is 4. The van der Waals surface area contributed by atoms with Gasteiger partial charge in [-0.3, -0.25) is 4.79 Å². The molecule has 1 aliphatic heterocycles. The quantitative estimate of drug-likeness (QED) is 0.245. The molecule has 3 rings (SSSR count). The van der Waals surface area contributed by atoms with E-state index in [0.29, 0.717) is 12.0 Å². The average molecular weight is 435 g/mol. The maximum atomic E-state index is 10.1. The first-order chi connectivity index (χ1) is 14.1. The number of phenolic OH excluding ortho intramolecular Hbond substituents is 2. The van der Waals surface area contributed by atoms with E-state index in [-0.39, 0.29) is 16.9 Å². The highest BCUT2D eigenvalue weighted by Crippen LogP contribution is 2.32. The predicted molar refractivity (Wildman–Crippen MR) is 116 cm³/mol. The normalized spacial score (nSPS) is 14.2. The third-order valence-electron chi connectivity index (χ3n) is 4.16. The number of benzene rings is 2. The van der Waals surface area contributed by atoms with Gasteiger partial charge in [0.2, 0.25) is 0 Å². The summed E-state index contributed by atoms with van der Waals surface area (Å²) in [6.45, 7) is 9.35. The van der Waals surface area contributed by atoms with Gasteiger partial charge in [-0.25, -0.2) is 4.79 Å². The molecule has 1 unspecified atom stereocenters. The maximum absolute atomic E-state index is 10.1. The minimum absolute atomic E-state index is 0.151. The van der Waals surface area contributed by atoms with E-state index in [1.165, 1.54) is 0 Å². The van der Waals surface area contributed by atoms with Crippen molar-refractivity contribution in [3.05, 3.63) is 72.3 Å². The number of halogens is 1. The van der Waals surface area contributed by atoms with Gasteiger partial charge in [-0.15, -0.1) is 11.6 Å². The number of carbonyl (C=O) groups is 2. The van der Waals surface area contributed by atoms with Crippen molar-refractivity contribution in [2.45, 2.75) is 32.3 Å². The van der Waals surface area contributed by atoms with Gasteiger partial charge < -0.3 is 19.7 Å². The van der Waals surface area contributed by atoms with Crippen LogP contribution in [0.15, 0.2) is 61.2 Å². The van der Waals surface area contributed by atoms with Crippen LogP contribution in [0, 0.1) is 0 Å². The molecule has 1 atom stereocenters. The fraction of sp³-hybridized carbons (Fsp3) is 0.304. The van der Waals surface area contributed by atoms with E-state index in [0.717, 1.165) is 30.7 Å². The lowest BCUT2D eigenvalue weighted by Crippen LogP contribution is -2.18. The number of ether oxygens (including phenoxy) is 2. The molecular weight excluding hydrogens is 408 g/mol. The lowest BCUT2D eigenvalue weighted by molar-refractivity contribution is -0.154. The van der Waals surface area contributed by atoms with Crippen LogP contribution in [0.2, 0.25) is 0 Å². The second kappa shape index (κ2) is 12.0. The van der Waals surface area contributed by atoms with Crippen LogP contribution in [0.1, 0.15) is 31.9 Å². The molecule has 1 saturated heterocycles. The van der Waals surface area contributed by atoms with Gasteiger partial charge in [-0.2, -0.15) is 0 Å². The van der Waals surface area contributed by atoms with Gasteiger partial charge in [0, 0.05) is 18.4 Å². The zero-order valence-corrected chi connectivity index (χ0v) is 18.1. The Labute approximate surface area is 181 Å². The largest absolute Gasteiger partial charge is 0.508 e. The van der Waals surface area contributed by atoms with Gasteiger partial charge in [-0.1, -0.05) is 44.7 Å². The second-order valence-electron chi connectivity index (χ2n) is 6.95. The van der Waals surface area contributed by atoms with Crippen LogP contribution >= 0.6 is 11.6 Å². The Balaban J connectivity index is 0.000000285. The molecule has 0 aromatic heterocycles. The third-order valence-corrected chi connectivity index (χ3v) is 4.51. The van der Waals surface area contributed by atoms with Crippen LogP contribution in [0.4, 0.5) is 0 Å². The molecule has 2 aromatic carbocycles. The van der Waals surface area contributed by atoms with Crippen molar-refractivity contribution in [3.8, 4) is 11.5 Å². The van der Waals surface area contributed by atoms with Crippen molar-refractivity contribution in [2.75, 3.05) is 12.5 Å². The SMILES string of the molecule is C=CC(=O)OC(C)=O.CC(C)(c1ccc(O)cc1)c1ccc(O)cc1.ClCC1CO1. The molecule has 162 valence electrons. The van der Waals surface area contributed by atoms with E-state index >= 15 is 0 Å². The van der Waals surface area contributed by atoms with Crippen molar-refractivity contribution in [2.24, 2.45) is 0 Å². The average Bonchev–Trinajstić information content (AvgIpc) is 3.54. The Kier molecular flexibility index (Phi) is 10.1. The van der Waals surface area contributed by atoms with Crippen LogP contribution in [0.3, 0.4) is 0 Å². The van der Waals surface area contributed by atoms with Gasteiger partial charge in [0.05, 0.1) is 18.6 Å².